The smallest absolute Gasteiger partial charge is 0.412 e. The number of alkyl halides is 3. The van der Waals surface area contributed by atoms with Crippen LogP contribution in [0, 0.1) is 17.3 Å². The zero-order chi connectivity index (χ0) is 30.3. The molecular weight excluding hydrogens is 549 g/mol. The van der Waals surface area contributed by atoms with Gasteiger partial charge in [0.05, 0.1) is 41.3 Å². The van der Waals surface area contributed by atoms with Crippen molar-refractivity contribution in [2.45, 2.75) is 84.9 Å². The van der Waals surface area contributed by atoms with E-state index in [0.29, 0.717) is 16.3 Å². The molecule has 0 aliphatic carbocycles. The van der Waals surface area contributed by atoms with Gasteiger partial charge >= 0.3 is 12.1 Å². The molecule has 0 radical (unpaired) electrons. The van der Waals surface area contributed by atoms with Crippen molar-refractivity contribution in [2.24, 2.45) is 22.4 Å². The lowest BCUT2D eigenvalue weighted by Gasteiger charge is -2.34. The lowest BCUT2D eigenvalue weighted by atomic mass is 9.73. The van der Waals surface area contributed by atoms with Gasteiger partial charge in [-0.05, 0) is 30.5 Å². The lowest BCUT2D eigenvalue weighted by Crippen LogP contribution is -2.45. The van der Waals surface area contributed by atoms with Gasteiger partial charge in [0.25, 0.3) is 0 Å². The van der Waals surface area contributed by atoms with Gasteiger partial charge in [-0.25, -0.2) is 4.98 Å². The van der Waals surface area contributed by atoms with Gasteiger partial charge < -0.3 is 14.9 Å². The monoisotopic (exact) mass is 584 g/mol. The summed E-state index contributed by atoms with van der Waals surface area (Å²) in [6.45, 7) is 7.63. The summed E-state index contributed by atoms with van der Waals surface area (Å²) in [6.07, 6.45) is -4.56. The van der Waals surface area contributed by atoms with Crippen molar-refractivity contribution in [3.63, 3.8) is 0 Å². The fourth-order valence-corrected chi connectivity index (χ4v) is 4.95. The molecule has 40 heavy (non-hydrogen) atoms. The number of thiazole rings is 1. The minimum Gasteiger partial charge on any atom is -0.457 e. The number of hydrogen-bond acceptors (Lipinski definition) is 8. The van der Waals surface area contributed by atoms with Gasteiger partial charge in [0.15, 0.2) is 0 Å². The summed E-state index contributed by atoms with van der Waals surface area (Å²) in [7, 11) is 0. The van der Waals surface area contributed by atoms with E-state index in [1.165, 1.54) is 44.3 Å². The molecule has 0 aromatic carbocycles. The highest BCUT2D eigenvalue weighted by Crippen LogP contribution is 2.33. The Labute approximate surface area is 235 Å². The Balaban J connectivity index is 2.50. The molecule has 1 aromatic rings. The number of allylic oxidation sites excluding steroid dienone is 2. The molecule has 0 spiro atoms. The molecule has 0 bridgehead atoms. The molecule has 220 valence electrons. The number of aliphatic hydroxyl groups is 2. The lowest BCUT2D eigenvalue weighted by molar-refractivity contribution is -0.154. The highest BCUT2D eigenvalue weighted by Gasteiger charge is 2.42. The van der Waals surface area contributed by atoms with Gasteiger partial charge in [0.1, 0.15) is 11.9 Å². The molecule has 0 fully saturated rings. The predicted octanol–water partition coefficient (Wildman–Crippen LogP) is 6.09. The number of ketones is 1. The molecule has 0 amide bonds. The van der Waals surface area contributed by atoms with Crippen molar-refractivity contribution in [1.82, 2.24) is 4.98 Å². The summed E-state index contributed by atoms with van der Waals surface area (Å²) in [5.74, 6) is -2.98. The van der Waals surface area contributed by atoms with Crippen LogP contribution in [0.5, 0.6) is 0 Å². The number of azide groups is 1. The van der Waals surface area contributed by atoms with Crippen LogP contribution >= 0.6 is 11.3 Å². The third-order valence-electron chi connectivity index (χ3n) is 7.01. The summed E-state index contributed by atoms with van der Waals surface area (Å²) < 4.78 is 47.0. The second-order valence-electron chi connectivity index (χ2n) is 10.5. The van der Waals surface area contributed by atoms with Crippen LogP contribution in [0.1, 0.15) is 64.6 Å². The van der Waals surface area contributed by atoms with E-state index in [-0.39, 0.29) is 13.0 Å². The average molecular weight is 585 g/mol. The maximum absolute atomic E-state index is 13.8. The third kappa shape index (κ3) is 9.02. The van der Waals surface area contributed by atoms with Crippen LogP contribution in [0.3, 0.4) is 0 Å². The van der Waals surface area contributed by atoms with E-state index in [9.17, 15) is 33.0 Å². The summed E-state index contributed by atoms with van der Waals surface area (Å²) >= 11 is 1.23. The van der Waals surface area contributed by atoms with E-state index in [4.69, 9.17) is 10.3 Å². The summed E-state index contributed by atoms with van der Waals surface area (Å²) in [4.78, 5) is 33.0. The summed E-state index contributed by atoms with van der Waals surface area (Å²) in [5, 5.41) is 27.1. The molecule has 0 saturated carbocycles. The Morgan fingerprint density at radius 1 is 1.32 bits per heavy atom. The van der Waals surface area contributed by atoms with Crippen LogP contribution in [0.2, 0.25) is 0 Å². The standard InChI is InChI=1S/C27H35F3N4O5S/c1-15-7-6-8-18(27(28,29)30)9-10-20(16(2)11-19-14-40-22(33-19)13-32-34-31)39-23(36)12-21(35)26(4,5)25(38)17(3)24(15)37/h6-7,9,11,14-15,17,20-21,24,35,37H,8,10,12-13H2,1-5H3/b7-6+,16-11+,18-9+/t15?,17?,20?,21-,24?/m0/s1. The van der Waals surface area contributed by atoms with E-state index < -0.39 is 71.9 Å². The average Bonchev–Trinajstić information content (AvgIpc) is 3.32. The predicted molar refractivity (Wildman–Crippen MR) is 145 cm³/mol. The minimum atomic E-state index is -4.65. The maximum Gasteiger partial charge on any atom is 0.412 e. The van der Waals surface area contributed by atoms with E-state index in [0.717, 1.165) is 6.08 Å². The number of ether oxygens (including phenoxy) is 1. The molecule has 9 nitrogen and oxygen atoms in total. The first kappa shape index (κ1) is 33.2. The maximum atomic E-state index is 13.8. The van der Waals surface area contributed by atoms with Gasteiger partial charge in [-0.1, -0.05) is 51.0 Å². The second-order valence-corrected chi connectivity index (χ2v) is 11.4. The Bertz CT molecular complexity index is 1200. The molecule has 2 heterocycles. The molecule has 5 atom stereocenters. The molecule has 1 aliphatic heterocycles. The first-order chi connectivity index (χ1) is 18.6. The fourth-order valence-electron chi connectivity index (χ4n) is 4.28. The number of hydrogen-bond donors (Lipinski definition) is 2. The number of rotatable bonds is 4. The van der Waals surface area contributed by atoms with Crippen molar-refractivity contribution in [2.75, 3.05) is 0 Å². The molecule has 2 rings (SSSR count). The molecule has 4 unspecified atom stereocenters. The number of halogens is 3. The Morgan fingerprint density at radius 2 is 2.00 bits per heavy atom. The third-order valence-corrected chi connectivity index (χ3v) is 7.86. The normalized spacial score (nSPS) is 29.6. The highest BCUT2D eigenvalue weighted by atomic mass is 32.1. The van der Waals surface area contributed by atoms with Crippen LogP contribution in [0.4, 0.5) is 13.2 Å². The highest BCUT2D eigenvalue weighted by molar-refractivity contribution is 7.09. The quantitative estimate of drug-likeness (QED) is 0.144. The number of aromatic nitrogens is 1. The first-order valence-electron chi connectivity index (χ1n) is 12.7. The zero-order valence-corrected chi connectivity index (χ0v) is 23.9. The Kier molecular flexibility index (Phi) is 11.7. The van der Waals surface area contributed by atoms with Gasteiger partial charge in [-0.15, -0.1) is 11.3 Å². The minimum absolute atomic E-state index is 0.0400. The molecule has 1 aromatic heterocycles. The van der Waals surface area contributed by atoms with Crippen molar-refractivity contribution in [3.05, 3.63) is 55.9 Å². The number of aliphatic hydroxyl groups excluding tert-OH is 2. The number of Topliss-reactive ketones (excluding diaryl/α,β-unsaturated/α-hetero) is 1. The van der Waals surface area contributed by atoms with Crippen LogP contribution in [0.15, 0.2) is 39.9 Å². The molecule has 13 heteroatoms. The number of carbonyl (C=O) groups is 2. The van der Waals surface area contributed by atoms with Gasteiger partial charge in [-0.2, -0.15) is 13.2 Å². The Hall–Kier alpha value is -2.99. The number of carbonyl (C=O) groups excluding carboxylic acids is 2. The number of nitrogens with zero attached hydrogens (tertiary/aromatic N) is 4. The molecule has 1 aliphatic rings. The SMILES string of the molecule is C/C(=C\c1csc(CN=[N+]=[N-])n1)C1C/C=C(/C(F)(F)F)C/C=C/C(C)C(O)C(C)C(=O)C(C)(C)[C@@H](O)CC(=O)O1. The molecule has 0 saturated heterocycles. The number of cyclic esters (lactones) is 1. The van der Waals surface area contributed by atoms with E-state index in [1.54, 1.807) is 25.3 Å². The van der Waals surface area contributed by atoms with Gasteiger partial charge in [0.2, 0.25) is 0 Å². The molecule has 2 N–H and O–H groups in total. The van der Waals surface area contributed by atoms with Crippen molar-refractivity contribution < 1.29 is 37.7 Å². The largest absolute Gasteiger partial charge is 0.457 e. The van der Waals surface area contributed by atoms with E-state index in [1.807, 2.05) is 0 Å². The van der Waals surface area contributed by atoms with Crippen molar-refractivity contribution >= 4 is 29.2 Å². The van der Waals surface area contributed by atoms with Crippen molar-refractivity contribution in [3.8, 4) is 0 Å². The molecular formula is C27H35F3N4O5S. The van der Waals surface area contributed by atoms with Gasteiger partial charge in [0, 0.05) is 34.1 Å². The summed E-state index contributed by atoms with van der Waals surface area (Å²) in [6, 6.07) is 0. The van der Waals surface area contributed by atoms with Crippen LogP contribution in [-0.2, 0) is 20.9 Å². The van der Waals surface area contributed by atoms with Crippen molar-refractivity contribution in [1.29, 1.82) is 0 Å². The Morgan fingerprint density at radius 3 is 2.62 bits per heavy atom. The first-order valence-corrected chi connectivity index (χ1v) is 13.6. The second kappa shape index (κ2) is 14.1. The van der Waals surface area contributed by atoms with Crippen LogP contribution in [0.25, 0.3) is 16.5 Å². The van der Waals surface area contributed by atoms with E-state index in [2.05, 4.69) is 15.0 Å². The van der Waals surface area contributed by atoms with E-state index >= 15 is 0 Å². The summed E-state index contributed by atoms with van der Waals surface area (Å²) in [5.41, 5.74) is 7.07. The van der Waals surface area contributed by atoms with Crippen LogP contribution < -0.4 is 0 Å². The topological polar surface area (TPSA) is 145 Å². The van der Waals surface area contributed by atoms with Crippen LogP contribution in [-0.4, -0.2) is 51.4 Å². The zero-order valence-electron chi connectivity index (χ0n) is 23.1. The number of esters is 1. The van der Waals surface area contributed by atoms with Gasteiger partial charge in [-0.3, -0.25) is 9.59 Å². The fraction of sp³-hybridized carbons (Fsp3) is 0.593.